The van der Waals surface area contributed by atoms with Gasteiger partial charge in [-0.1, -0.05) is 13.8 Å². The molecule has 1 atom stereocenters. The highest BCUT2D eigenvalue weighted by molar-refractivity contribution is 5.92. The van der Waals surface area contributed by atoms with Crippen molar-refractivity contribution in [3.63, 3.8) is 0 Å². The molecule has 19 heavy (non-hydrogen) atoms. The summed E-state index contributed by atoms with van der Waals surface area (Å²) >= 11 is 0. The van der Waals surface area contributed by atoms with Crippen LogP contribution in [-0.2, 0) is 6.54 Å². The fourth-order valence-corrected chi connectivity index (χ4v) is 2.24. The standard InChI is InChI=1S/C14H24N4O/c1-10(2)5-6-11(3)16-13(19)12-9-18-8-4-7-15-14(18)17-12/h9-11H,4-8H2,1-3H3,(H,15,17)(H,16,19). The molecule has 0 aromatic carbocycles. The molecule has 1 amide bonds. The maximum Gasteiger partial charge on any atom is 0.271 e. The number of aryl methyl sites for hydroxylation is 1. The van der Waals surface area contributed by atoms with Crippen LogP contribution in [0.25, 0.3) is 0 Å². The molecule has 0 aliphatic carbocycles. The van der Waals surface area contributed by atoms with Crippen molar-refractivity contribution in [3.05, 3.63) is 11.9 Å². The average Bonchev–Trinajstić information content (AvgIpc) is 2.80. The molecular weight excluding hydrogens is 240 g/mol. The van der Waals surface area contributed by atoms with E-state index in [0.717, 1.165) is 38.3 Å². The van der Waals surface area contributed by atoms with E-state index in [0.29, 0.717) is 11.6 Å². The first-order valence-corrected chi connectivity index (χ1v) is 7.18. The van der Waals surface area contributed by atoms with Crippen molar-refractivity contribution in [3.8, 4) is 0 Å². The number of hydrogen-bond donors (Lipinski definition) is 2. The maximum atomic E-state index is 12.1. The van der Waals surface area contributed by atoms with Gasteiger partial charge in [-0.25, -0.2) is 4.98 Å². The minimum Gasteiger partial charge on any atom is -0.356 e. The van der Waals surface area contributed by atoms with Crippen LogP contribution in [0.4, 0.5) is 5.95 Å². The van der Waals surface area contributed by atoms with Crippen LogP contribution in [0, 0.1) is 5.92 Å². The first kappa shape index (κ1) is 13.9. The van der Waals surface area contributed by atoms with Gasteiger partial charge in [0.15, 0.2) is 0 Å². The summed E-state index contributed by atoms with van der Waals surface area (Å²) < 4.78 is 2.01. The number of imidazole rings is 1. The molecule has 1 aromatic rings. The van der Waals surface area contributed by atoms with Gasteiger partial charge in [-0.05, 0) is 32.1 Å². The molecule has 2 N–H and O–H groups in total. The van der Waals surface area contributed by atoms with E-state index in [9.17, 15) is 4.79 Å². The van der Waals surface area contributed by atoms with E-state index in [4.69, 9.17) is 0 Å². The molecule has 0 fully saturated rings. The molecule has 0 bridgehead atoms. The quantitative estimate of drug-likeness (QED) is 0.857. The van der Waals surface area contributed by atoms with Crippen molar-refractivity contribution in [2.24, 2.45) is 5.92 Å². The zero-order valence-electron chi connectivity index (χ0n) is 12.1. The number of nitrogens with zero attached hydrogens (tertiary/aromatic N) is 2. The van der Waals surface area contributed by atoms with E-state index >= 15 is 0 Å². The van der Waals surface area contributed by atoms with Crippen LogP contribution < -0.4 is 10.6 Å². The zero-order chi connectivity index (χ0) is 13.8. The van der Waals surface area contributed by atoms with E-state index in [1.54, 1.807) is 0 Å². The fourth-order valence-electron chi connectivity index (χ4n) is 2.24. The van der Waals surface area contributed by atoms with Crippen molar-refractivity contribution in [1.29, 1.82) is 0 Å². The van der Waals surface area contributed by atoms with Crippen LogP contribution in [0.15, 0.2) is 6.20 Å². The Hall–Kier alpha value is -1.52. The lowest BCUT2D eigenvalue weighted by atomic mass is 10.0. The number of anilines is 1. The number of rotatable bonds is 5. The first-order chi connectivity index (χ1) is 9.06. The Labute approximate surface area is 114 Å². The SMILES string of the molecule is CC(C)CCC(C)NC(=O)c1cn2c(n1)NCCC2. The van der Waals surface area contributed by atoms with Gasteiger partial charge in [0.2, 0.25) is 5.95 Å². The van der Waals surface area contributed by atoms with E-state index in [-0.39, 0.29) is 11.9 Å². The van der Waals surface area contributed by atoms with Gasteiger partial charge in [0.25, 0.3) is 5.91 Å². The summed E-state index contributed by atoms with van der Waals surface area (Å²) in [6.07, 6.45) is 5.05. The number of carbonyl (C=O) groups is 1. The number of aromatic nitrogens is 2. The molecule has 5 nitrogen and oxygen atoms in total. The lowest BCUT2D eigenvalue weighted by Gasteiger charge is -2.14. The molecule has 5 heteroatoms. The number of hydrogen-bond acceptors (Lipinski definition) is 3. The van der Waals surface area contributed by atoms with Crippen molar-refractivity contribution in [2.45, 2.75) is 52.6 Å². The summed E-state index contributed by atoms with van der Waals surface area (Å²) in [5.41, 5.74) is 0.515. The highest BCUT2D eigenvalue weighted by Crippen LogP contribution is 2.14. The van der Waals surface area contributed by atoms with Crippen LogP contribution in [0.5, 0.6) is 0 Å². The van der Waals surface area contributed by atoms with E-state index < -0.39 is 0 Å². The molecule has 1 aliphatic rings. The Morgan fingerprint density at radius 3 is 2.95 bits per heavy atom. The monoisotopic (exact) mass is 264 g/mol. The third kappa shape index (κ3) is 3.72. The van der Waals surface area contributed by atoms with Gasteiger partial charge in [-0.3, -0.25) is 4.79 Å². The highest BCUT2D eigenvalue weighted by atomic mass is 16.2. The summed E-state index contributed by atoms with van der Waals surface area (Å²) in [4.78, 5) is 16.4. The second-order valence-electron chi connectivity index (χ2n) is 5.77. The van der Waals surface area contributed by atoms with E-state index in [1.165, 1.54) is 0 Å². The summed E-state index contributed by atoms with van der Waals surface area (Å²) in [7, 11) is 0. The molecular formula is C14H24N4O. The van der Waals surface area contributed by atoms with Crippen LogP contribution in [0.3, 0.4) is 0 Å². The molecule has 0 radical (unpaired) electrons. The Morgan fingerprint density at radius 1 is 1.47 bits per heavy atom. The third-order valence-corrected chi connectivity index (χ3v) is 3.42. The molecule has 0 spiro atoms. The normalized spacial score (nSPS) is 15.8. The summed E-state index contributed by atoms with van der Waals surface area (Å²) in [5, 5.41) is 6.22. The van der Waals surface area contributed by atoms with Gasteiger partial charge in [0, 0.05) is 25.3 Å². The Bertz CT molecular complexity index is 415. The second kappa shape index (κ2) is 6.08. The smallest absolute Gasteiger partial charge is 0.271 e. The minimum atomic E-state index is -0.0695. The van der Waals surface area contributed by atoms with Crippen LogP contribution in [0.2, 0.25) is 0 Å². The summed E-state index contributed by atoms with van der Waals surface area (Å²) in [6, 6.07) is 0.196. The van der Waals surface area contributed by atoms with Crippen molar-refractivity contribution in [2.75, 3.05) is 11.9 Å². The van der Waals surface area contributed by atoms with Gasteiger partial charge >= 0.3 is 0 Å². The first-order valence-electron chi connectivity index (χ1n) is 7.18. The Balaban J connectivity index is 1.90. The largest absolute Gasteiger partial charge is 0.356 e. The average molecular weight is 264 g/mol. The van der Waals surface area contributed by atoms with Crippen molar-refractivity contribution in [1.82, 2.24) is 14.9 Å². The lowest BCUT2D eigenvalue weighted by Crippen LogP contribution is -2.33. The third-order valence-electron chi connectivity index (χ3n) is 3.42. The minimum absolute atomic E-state index is 0.0695. The van der Waals surface area contributed by atoms with Crippen LogP contribution >= 0.6 is 0 Å². The van der Waals surface area contributed by atoms with Gasteiger partial charge in [0.05, 0.1) is 0 Å². The molecule has 106 valence electrons. The van der Waals surface area contributed by atoms with Crippen molar-refractivity contribution >= 4 is 11.9 Å². The molecule has 1 unspecified atom stereocenters. The van der Waals surface area contributed by atoms with Crippen LogP contribution in [0.1, 0.15) is 50.5 Å². The topological polar surface area (TPSA) is 59.0 Å². The molecule has 1 aliphatic heterocycles. The second-order valence-corrected chi connectivity index (χ2v) is 5.77. The van der Waals surface area contributed by atoms with Gasteiger partial charge in [0.1, 0.15) is 5.69 Å². The zero-order valence-corrected chi connectivity index (χ0v) is 12.1. The van der Waals surface area contributed by atoms with E-state index in [1.807, 2.05) is 10.8 Å². The maximum absolute atomic E-state index is 12.1. The molecule has 2 heterocycles. The fraction of sp³-hybridized carbons (Fsp3) is 0.714. The Kier molecular flexibility index (Phi) is 4.45. The van der Waals surface area contributed by atoms with E-state index in [2.05, 4.69) is 36.4 Å². The lowest BCUT2D eigenvalue weighted by molar-refractivity contribution is 0.0932. The van der Waals surface area contributed by atoms with Gasteiger partial charge in [-0.15, -0.1) is 0 Å². The molecule has 0 saturated carbocycles. The predicted molar refractivity (Wildman–Crippen MR) is 76.3 cm³/mol. The number of fused-ring (bicyclic) bond motifs is 1. The number of amides is 1. The van der Waals surface area contributed by atoms with Gasteiger partial charge in [-0.2, -0.15) is 0 Å². The molecule has 1 aromatic heterocycles. The highest BCUT2D eigenvalue weighted by Gasteiger charge is 2.17. The predicted octanol–water partition coefficient (Wildman–Crippen LogP) is 2.25. The summed E-state index contributed by atoms with van der Waals surface area (Å²) in [6.45, 7) is 8.32. The molecule has 2 rings (SSSR count). The van der Waals surface area contributed by atoms with Crippen LogP contribution in [-0.4, -0.2) is 28.0 Å². The Morgan fingerprint density at radius 2 is 2.26 bits per heavy atom. The number of nitrogens with one attached hydrogen (secondary N) is 2. The molecule has 0 saturated heterocycles. The summed E-state index contributed by atoms with van der Waals surface area (Å²) in [5.74, 6) is 1.41. The number of carbonyl (C=O) groups excluding carboxylic acids is 1. The van der Waals surface area contributed by atoms with Crippen molar-refractivity contribution < 1.29 is 4.79 Å². The van der Waals surface area contributed by atoms with Gasteiger partial charge < -0.3 is 15.2 Å².